The lowest BCUT2D eigenvalue weighted by molar-refractivity contribution is -0.116. The van der Waals surface area contributed by atoms with E-state index in [4.69, 9.17) is 0 Å². The van der Waals surface area contributed by atoms with Crippen LogP contribution < -0.4 is 10.6 Å². The number of aromatic nitrogens is 4. The highest BCUT2D eigenvalue weighted by Gasteiger charge is 2.15. The van der Waals surface area contributed by atoms with Crippen molar-refractivity contribution in [2.75, 3.05) is 11.9 Å². The number of rotatable bonds is 5. The molecule has 0 saturated carbocycles. The van der Waals surface area contributed by atoms with E-state index in [-0.39, 0.29) is 18.3 Å². The summed E-state index contributed by atoms with van der Waals surface area (Å²) in [4.78, 5) is 12.0. The molecule has 8 heteroatoms. The van der Waals surface area contributed by atoms with Gasteiger partial charge < -0.3 is 10.6 Å². The summed E-state index contributed by atoms with van der Waals surface area (Å²) in [6.45, 7) is 1.07. The number of carbonyl (C=O) groups excluding carboxylic acids is 1. The zero-order chi connectivity index (χ0) is 15.4. The largest absolute Gasteiger partial charge is 0.326 e. The Labute approximate surface area is 141 Å². The van der Waals surface area contributed by atoms with Gasteiger partial charge in [0, 0.05) is 30.8 Å². The van der Waals surface area contributed by atoms with E-state index in [0.717, 1.165) is 24.2 Å². The van der Waals surface area contributed by atoms with Crippen LogP contribution in [0.3, 0.4) is 0 Å². The zero-order valence-corrected chi connectivity index (χ0v) is 13.8. The number of amides is 1. The van der Waals surface area contributed by atoms with Crippen molar-refractivity contribution in [1.29, 1.82) is 0 Å². The average Bonchev–Trinajstić information content (AvgIpc) is 3.16. The van der Waals surface area contributed by atoms with Gasteiger partial charge >= 0.3 is 0 Å². The minimum atomic E-state index is 0. The molecule has 0 radical (unpaired) electrons. The lowest BCUT2D eigenvalue weighted by Crippen LogP contribution is -2.23. The molecule has 2 N–H and O–H groups in total. The summed E-state index contributed by atoms with van der Waals surface area (Å²) in [5, 5.41) is 17.8. The zero-order valence-electron chi connectivity index (χ0n) is 13.0. The lowest BCUT2D eigenvalue weighted by Gasteiger charge is -2.10. The molecule has 1 fully saturated rings. The van der Waals surface area contributed by atoms with Gasteiger partial charge in [0.2, 0.25) is 5.91 Å². The van der Waals surface area contributed by atoms with Crippen LogP contribution in [0.25, 0.3) is 11.4 Å². The summed E-state index contributed by atoms with van der Waals surface area (Å²) in [6, 6.07) is 8.06. The first-order chi connectivity index (χ1) is 10.7. The topological polar surface area (TPSA) is 84.7 Å². The molecule has 1 atom stereocenters. The highest BCUT2D eigenvalue weighted by molar-refractivity contribution is 5.91. The van der Waals surface area contributed by atoms with Crippen molar-refractivity contribution in [2.24, 2.45) is 7.05 Å². The van der Waals surface area contributed by atoms with Crippen molar-refractivity contribution < 1.29 is 4.79 Å². The smallest absolute Gasteiger partial charge is 0.224 e. The molecule has 0 bridgehead atoms. The number of nitrogens with zero attached hydrogens (tertiary/aromatic N) is 4. The van der Waals surface area contributed by atoms with Crippen molar-refractivity contribution in [3.63, 3.8) is 0 Å². The molecular weight excluding hydrogens is 316 g/mol. The Hall–Kier alpha value is -1.99. The molecule has 124 valence electrons. The number of carbonyl (C=O) groups is 1. The maximum atomic E-state index is 12.0. The monoisotopic (exact) mass is 336 g/mol. The number of tetrazole rings is 1. The molecule has 2 heterocycles. The molecule has 2 aromatic rings. The van der Waals surface area contributed by atoms with Gasteiger partial charge in [0.1, 0.15) is 0 Å². The van der Waals surface area contributed by atoms with Crippen molar-refractivity contribution >= 4 is 24.0 Å². The summed E-state index contributed by atoms with van der Waals surface area (Å²) in [5.74, 6) is 0.716. The van der Waals surface area contributed by atoms with E-state index in [1.165, 1.54) is 12.8 Å². The molecule has 0 spiro atoms. The Morgan fingerprint density at radius 2 is 2.35 bits per heavy atom. The second-order valence-electron chi connectivity index (χ2n) is 5.59. The van der Waals surface area contributed by atoms with E-state index in [1.807, 2.05) is 24.3 Å². The minimum absolute atomic E-state index is 0. The number of anilines is 1. The van der Waals surface area contributed by atoms with Crippen LogP contribution in [0.4, 0.5) is 5.69 Å². The van der Waals surface area contributed by atoms with Crippen LogP contribution in [0, 0.1) is 0 Å². The summed E-state index contributed by atoms with van der Waals surface area (Å²) >= 11 is 0. The fraction of sp³-hybridized carbons (Fsp3) is 0.467. The molecule has 23 heavy (non-hydrogen) atoms. The maximum absolute atomic E-state index is 12.0. The second kappa shape index (κ2) is 8.03. The molecule has 7 nitrogen and oxygen atoms in total. The van der Waals surface area contributed by atoms with E-state index in [9.17, 15) is 4.79 Å². The van der Waals surface area contributed by atoms with Crippen molar-refractivity contribution in [3.8, 4) is 11.4 Å². The third-order valence-electron chi connectivity index (χ3n) is 3.91. The molecule has 0 aliphatic carbocycles. The molecule has 1 aromatic heterocycles. The molecule has 1 aromatic carbocycles. The number of hydrogen-bond acceptors (Lipinski definition) is 5. The molecular formula is C15H21ClN6O. The van der Waals surface area contributed by atoms with Crippen molar-refractivity contribution in [1.82, 2.24) is 25.5 Å². The summed E-state index contributed by atoms with van der Waals surface area (Å²) in [5.41, 5.74) is 1.65. The number of benzene rings is 1. The summed E-state index contributed by atoms with van der Waals surface area (Å²) in [6.07, 6.45) is 3.80. The van der Waals surface area contributed by atoms with E-state index in [2.05, 4.69) is 26.2 Å². The molecule has 1 aliphatic rings. The molecule has 3 rings (SSSR count). The molecule has 1 aliphatic heterocycles. The fourth-order valence-corrected chi connectivity index (χ4v) is 2.74. The van der Waals surface area contributed by atoms with Gasteiger partial charge in [0.25, 0.3) is 0 Å². The molecule has 1 unspecified atom stereocenters. The minimum Gasteiger partial charge on any atom is -0.326 e. The van der Waals surface area contributed by atoms with Crippen LogP contribution in [0.1, 0.15) is 25.7 Å². The lowest BCUT2D eigenvalue weighted by atomic mass is 10.1. The highest BCUT2D eigenvalue weighted by atomic mass is 35.5. The maximum Gasteiger partial charge on any atom is 0.224 e. The van der Waals surface area contributed by atoms with Crippen LogP contribution in [-0.4, -0.2) is 38.7 Å². The van der Waals surface area contributed by atoms with Gasteiger partial charge in [0.05, 0.1) is 0 Å². The predicted molar refractivity (Wildman–Crippen MR) is 90.4 cm³/mol. The number of aryl methyl sites for hydroxylation is 1. The van der Waals surface area contributed by atoms with Crippen molar-refractivity contribution in [2.45, 2.75) is 31.7 Å². The van der Waals surface area contributed by atoms with E-state index >= 15 is 0 Å². The van der Waals surface area contributed by atoms with Gasteiger partial charge in [-0.05, 0) is 48.4 Å². The van der Waals surface area contributed by atoms with Gasteiger partial charge in [-0.2, -0.15) is 0 Å². The highest BCUT2D eigenvalue weighted by Crippen LogP contribution is 2.20. The van der Waals surface area contributed by atoms with Crippen LogP contribution in [0.2, 0.25) is 0 Å². The SMILES string of the molecule is Cl.Cn1nnnc1-c1cccc(NC(=O)CCC2CCCN2)c1. The third-order valence-corrected chi connectivity index (χ3v) is 3.91. The second-order valence-corrected chi connectivity index (χ2v) is 5.59. The Morgan fingerprint density at radius 3 is 3.04 bits per heavy atom. The summed E-state index contributed by atoms with van der Waals surface area (Å²) in [7, 11) is 1.79. The van der Waals surface area contributed by atoms with Crippen molar-refractivity contribution in [3.05, 3.63) is 24.3 Å². The number of hydrogen-bond donors (Lipinski definition) is 2. The van der Waals surface area contributed by atoms with Gasteiger partial charge in [-0.3, -0.25) is 4.79 Å². The fourth-order valence-electron chi connectivity index (χ4n) is 2.74. The van der Waals surface area contributed by atoms with E-state index in [1.54, 1.807) is 11.7 Å². The Bertz CT molecular complexity index is 653. The first-order valence-electron chi connectivity index (χ1n) is 7.58. The van der Waals surface area contributed by atoms with E-state index < -0.39 is 0 Å². The molecule has 1 amide bonds. The number of halogens is 1. The first-order valence-corrected chi connectivity index (χ1v) is 7.58. The first kappa shape index (κ1) is 17.4. The van der Waals surface area contributed by atoms with Crippen LogP contribution in [0.15, 0.2) is 24.3 Å². The van der Waals surface area contributed by atoms with E-state index in [0.29, 0.717) is 18.3 Å². The van der Waals surface area contributed by atoms with Crippen LogP contribution in [0.5, 0.6) is 0 Å². The quantitative estimate of drug-likeness (QED) is 0.869. The summed E-state index contributed by atoms with van der Waals surface area (Å²) < 4.78 is 1.60. The van der Waals surface area contributed by atoms with Gasteiger partial charge in [-0.15, -0.1) is 17.5 Å². The Kier molecular flexibility index (Phi) is 6.06. The molecule has 1 saturated heterocycles. The van der Waals surface area contributed by atoms with Gasteiger partial charge in [-0.1, -0.05) is 12.1 Å². The standard InChI is InChI=1S/C15H20N6O.ClH/c1-21-15(18-19-20-21)11-4-2-5-13(10-11)17-14(22)8-7-12-6-3-9-16-12;/h2,4-5,10,12,16H,3,6-9H2,1H3,(H,17,22);1H. The van der Waals surface area contributed by atoms with Crippen LogP contribution >= 0.6 is 12.4 Å². The normalized spacial score (nSPS) is 16.8. The Morgan fingerprint density at radius 1 is 1.48 bits per heavy atom. The van der Waals surface area contributed by atoms with Gasteiger partial charge in [0.15, 0.2) is 5.82 Å². The van der Waals surface area contributed by atoms with Gasteiger partial charge in [-0.25, -0.2) is 4.68 Å². The third kappa shape index (κ3) is 4.49. The average molecular weight is 337 g/mol. The Balaban J connectivity index is 0.00000192. The number of nitrogens with one attached hydrogen (secondary N) is 2. The predicted octanol–water partition coefficient (Wildman–Crippen LogP) is 1.77. The van der Waals surface area contributed by atoms with Crippen LogP contribution in [-0.2, 0) is 11.8 Å².